The average molecular weight is 355 g/mol. The van der Waals surface area contributed by atoms with Crippen LogP contribution in [0.4, 0.5) is 0 Å². The molecule has 2 heterocycles. The van der Waals surface area contributed by atoms with E-state index in [1.54, 1.807) is 4.68 Å². The molecule has 1 aromatic heterocycles. The Kier molecular flexibility index (Phi) is 5.97. The topological polar surface area (TPSA) is 50.2 Å². The molecule has 0 atom stereocenters. The van der Waals surface area contributed by atoms with Crippen LogP contribution in [0.1, 0.15) is 62.6 Å². The van der Waals surface area contributed by atoms with Crippen molar-refractivity contribution in [1.82, 2.24) is 20.0 Å². The Hall–Kier alpha value is -1.07. The molecule has 0 unspecified atom stereocenters. The number of likely N-dealkylation sites (tertiary alicyclic amines) is 1. The lowest BCUT2D eigenvalue weighted by Gasteiger charge is -2.32. The minimum absolute atomic E-state index is 0. The number of amides is 1. The maximum atomic E-state index is 12.8. The summed E-state index contributed by atoms with van der Waals surface area (Å²) in [5, 5.41) is 8.19. The van der Waals surface area contributed by atoms with Crippen molar-refractivity contribution in [3.63, 3.8) is 0 Å². The van der Waals surface area contributed by atoms with Crippen molar-refractivity contribution >= 4 is 18.3 Å². The van der Waals surface area contributed by atoms with Crippen LogP contribution in [-0.4, -0.2) is 46.3 Å². The average Bonchev–Trinajstić information content (AvgIpc) is 3.24. The van der Waals surface area contributed by atoms with Gasteiger partial charge in [0, 0.05) is 31.6 Å². The standard InChI is InChI=1S/C18H30N4O.ClH/c1-18(2,3)16-11-15(21(4)20-16)17(23)22-9-7-14(8-10-22)19-12-13-5-6-13;/h11,13-14,19H,5-10,12H2,1-4H3;1H. The number of halogens is 1. The zero-order chi connectivity index (χ0) is 16.6. The van der Waals surface area contributed by atoms with Gasteiger partial charge in [-0.05, 0) is 44.2 Å². The van der Waals surface area contributed by atoms with Crippen molar-refractivity contribution in [1.29, 1.82) is 0 Å². The molecular formula is C18H31ClN4O. The molecule has 1 N–H and O–H groups in total. The Morgan fingerprint density at radius 3 is 2.38 bits per heavy atom. The Morgan fingerprint density at radius 2 is 1.88 bits per heavy atom. The summed E-state index contributed by atoms with van der Waals surface area (Å²) < 4.78 is 1.74. The summed E-state index contributed by atoms with van der Waals surface area (Å²) in [6.07, 6.45) is 4.90. The van der Waals surface area contributed by atoms with Gasteiger partial charge < -0.3 is 10.2 Å². The highest BCUT2D eigenvalue weighted by atomic mass is 35.5. The Morgan fingerprint density at radius 1 is 1.25 bits per heavy atom. The number of hydrogen-bond donors (Lipinski definition) is 1. The highest BCUT2D eigenvalue weighted by Gasteiger charge is 2.28. The first kappa shape index (κ1) is 19.3. The predicted molar refractivity (Wildman–Crippen MR) is 98.8 cm³/mol. The van der Waals surface area contributed by atoms with Crippen molar-refractivity contribution < 1.29 is 4.79 Å². The number of carbonyl (C=O) groups excluding carboxylic acids is 1. The molecule has 24 heavy (non-hydrogen) atoms. The van der Waals surface area contributed by atoms with Crippen molar-refractivity contribution in [2.24, 2.45) is 13.0 Å². The maximum absolute atomic E-state index is 12.8. The lowest BCUT2D eigenvalue weighted by Crippen LogP contribution is -2.45. The molecule has 1 aromatic rings. The van der Waals surface area contributed by atoms with Crippen LogP contribution in [0.3, 0.4) is 0 Å². The maximum Gasteiger partial charge on any atom is 0.272 e. The summed E-state index contributed by atoms with van der Waals surface area (Å²) in [4.78, 5) is 14.8. The van der Waals surface area contributed by atoms with Crippen molar-refractivity contribution in [2.75, 3.05) is 19.6 Å². The van der Waals surface area contributed by atoms with Gasteiger partial charge >= 0.3 is 0 Å². The van der Waals surface area contributed by atoms with Gasteiger partial charge in [-0.2, -0.15) is 5.10 Å². The summed E-state index contributed by atoms with van der Waals surface area (Å²) in [6.45, 7) is 9.23. The van der Waals surface area contributed by atoms with Crippen molar-refractivity contribution in [3.8, 4) is 0 Å². The molecule has 1 amide bonds. The number of nitrogens with zero attached hydrogens (tertiary/aromatic N) is 3. The van der Waals surface area contributed by atoms with Crippen LogP contribution in [0.5, 0.6) is 0 Å². The molecule has 5 nitrogen and oxygen atoms in total. The first-order valence-electron chi connectivity index (χ1n) is 8.92. The number of nitrogens with one attached hydrogen (secondary N) is 1. The normalized spacial score (nSPS) is 19.2. The fourth-order valence-electron chi connectivity index (χ4n) is 3.14. The molecule has 1 saturated heterocycles. The largest absolute Gasteiger partial charge is 0.337 e. The van der Waals surface area contributed by atoms with Gasteiger partial charge in [0.2, 0.25) is 0 Å². The molecule has 0 radical (unpaired) electrons. The third kappa shape index (κ3) is 4.51. The molecule has 1 saturated carbocycles. The SMILES string of the molecule is Cl.Cn1nc(C(C)(C)C)cc1C(=O)N1CCC(NCC2CC2)CC1. The number of rotatable bonds is 4. The minimum Gasteiger partial charge on any atom is -0.337 e. The van der Waals surface area contributed by atoms with Gasteiger partial charge in [0.25, 0.3) is 5.91 Å². The zero-order valence-corrected chi connectivity index (χ0v) is 16.2. The van der Waals surface area contributed by atoms with E-state index in [0.29, 0.717) is 11.7 Å². The van der Waals surface area contributed by atoms with Gasteiger partial charge in [-0.1, -0.05) is 20.8 Å². The van der Waals surface area contributed by atoms with Gasteiger partial charge in [0.05, 0.1) is 5.69 Å². The Labute approximate surface area is 151 Å². The first-order valence-corrected chi connectivity index (χ1v) is 8.92. The van der Waals surface area contributed by atoms with E-state index in [0.717, 1.165) is 44.1 Å². The van der Waals surface area contributed by atoms with Crippen LogP contribution in [0.25, 0.3) is 0 Å². The van der Waals surface area contributed by atoms with Crippen molar-refractivity contribution in [2.45, 2.75) is 57.9 Å². The van der Waals surface area contributed by atoms with Gasteiger partial charge in [0.15, 0.2) is 0 Å². The van der Waals surface area contributed by atoms with E-state index in [9.17, 15) is 4.79 Å². The summed E-state index contributed by atoms with van der Waals surface area (Å²) in [5.74, 6) is 1.04. The molecule has 0 aromatic carbocycles. The summed E-state index contributed by atoms with van der Waals surface area (Å²) in [6, 6.07) is 2.54. The number of aromatic nitrogens is 2. The first-order chi connectivity index (χ1) is 10.8. The summed E-state index contributed by atoms with van der Waals surface area (Å²) >= 11 is 0. The fourth-order valence-corrected chi connectivity index (χ4v) is 3.14. The lowest BCUT2D eigenvalue weighted by molar-refractivity contribution is 0.0694. The second-order valence-corrected chi connectivity index (χ2v) is 8.21. The second kappa shape index (κ2) is 7.44. The van der Waals surface area contributed by atoms with E-state index in [1.807, 2.05) is 18.0 Å². The molecule has 1 aliphatic heterocycles. The van der Waals surface area contributed by atoms with E-state index >= 15 is 0 Å². The molecule has 2 aliphatic rings. The molecule has 0 spiro atoms. The summed E-state index contributed by atoms with van der Waals surface area (Å²) in [5.41, 5.74) is 1.65. The highest BCUT2D eigenvalue weighted by molar-refractivity contribution is 5.92. The second-order valence-electron chi connectivity index (χ2n) is 8.21. The van der Waals surface area contributed by atoms with E-state index in [4.69, 9.17) is 0 Å². The Balaban J connectivity index is 0.00000208. The molecule has 2 fully saturated rings. The number of piperidine rings is 1. The summed E-state index contributed by atoms with van der Waals surface area (Å²) in [7, 11) is 1.87. The van der Waals surface area contributed by atoms with Gasteiger partial charge in [0.1, 0.15) is 5.69 Å². The monoisotopic (exact) mass is 354 g/mol. The quantitative estimate of drug-likeness (QED) is 0.904. The molecule has 1 aliphatic carbocycles. The fraction of sp³-hybridized carbons (Fsp3) is 0.778. The Bertz CT molecular complexity index is 566. The predicted octanol–water partition coefficient (Wildman–Crippen LogP) is 2.74. The van der Waals surface area contributed by atoms with Gasteiger partial charge in [-0.15, -0.1) is 12.4 Å². The van der Waals surface area contributed by atoms with Gasteiger partial charge in [-0.3, -0.25) is 9.48 Å². The van der Waals surface area contributed by atoms with E-state index in [-0.39, 0.29) is 23.7 Å². The van der Waals surface area contributed by atoms with Crippen LogP contribution in [-0.2, 0) is 12.5 Å². The van der Waals surface area contributed by atoms with Crippen LogP contribution < -0.4 is 5.32 Å². The molecular weight excluding hydrogens is 324 g/mol. The molecule has 3 rings (SSSR count). The van der Waals surface area contributed by atoms with Gasteiger partial charge in [-0.25, -0.2) is 0 Å². The third-order valence-electron chi connectivity index (χ3n) is 5.04. The minimum atomic E-state index is -0.0317. The van der Waals surface area contributed by atoms with Crippen LogP contribution in [0.15, 0.2) is 6.07 Å². The van der Waals surface area contributed by atoms with Crippen molar-refractivity contribution in [3.05, 3.63) is 17.5 Å². The van der Waals surface area contributed by atoms with Crippen LogP contribution in [0.2, 0.25) is 0 Å². The van der Waals surface area contributed by atoms with Crippen LogP contribution >= 0.6 is 12.4 Å². The van der Waals surface area contributed by atoms with Crippen LogP contribution in [0, 0.1) is 5.92 Å². The lowest BCUT2D eigenvalue weighted by atomic mass is 9.92. The zero-order valence-electron chi connectivity index (χ0n) is 15.3. The van der Waals surface area contributed by atoms with E-state index in [1.165, 1.54) is 12.8 Å². The highest BCUT2D eigenvalue weighted by Crippen LogP contribution is 2.28. The number of aryl methyl sites for hydroxylation is 1. The number of hydrogen-bond acceptors (Lipinski definition) is 3. The van der Waals surface area contributed by atoms with E-state index in [2.05, 4.69) is 31.2 Å². The third-order valence-corrected chi connectivity index (χ3v) is 5.04. The molecule has 0 bridgehead atoms. The molecule has 136 valence electrons. The molecule has 6 heteroatoms. The van der Waals surface area contributed by atoms with E-state index < -0.39 is 0 Å². The smallest absolute Gasteiger partial charge is 0.272 e. The number of carbonyl (C=O) groups is 1.